The summed E-state index contributed by atoms with van der Waals surface area (Å²) in [4.78, 5) is 24.6. The van der Waals surface area contributed by atoms with Crippen LogP contribution in [0.25, 0.3) is 0 Å². The Kier molecular flexibility index (Phi) is 8.55. The lowest BCUT2D eigenvalue weighted by Crippen LogP contribution is -2.48. The van der Waals surface area contributed by atoms with Crippen LogP contribution in [0, 0.1) is 11.3 Å². The van der Waals surface area contributed by atoms with Crippen LogP contribution in [0.4, 0.5) is 13.2 Å². The molecule has 2 N–H and O–H groups in total. The number of halogens is 3. The third kappa shape index (κ3) is 8.05. The highest BCUT2D eigenvalue weighted by Gasteiger charge is 2.31. The number of carbonyl (C=O) groups is 2. The second-order valence-corrected chi connectivity index (χ2v) is 7.01. The van der Waals surface area contributed by atoms with Gasteiger partial charge in [0.25, 0.3) is 5.91 Å². The highest BCUT2D eigenvalue weighted by molar-refractivity contribution is 7.98. The monoisotopic (exact) mass is 437 g/mol. The molecule has 0 heterocycles. The first-order valence-corrected chi connectivity index (χ1v) is 9.87. The maximum absolute atomic E-state index is 12.3. The van der Waals surface area contributed by atoms with Gasteiger partial charge in [-0.3, -0.25) is 9.59 Å². The second kappa shape index (κ2) is 11.1. The summed E-state index contributed by atoms with van der Waals surface area (Å²) >= 11 is 1.31. The minimum atomic E-state index is -4.75. The smallest absolute Gasteiger partial charge is 0.406 e. The minimum Gasteiger partial charge on any atom is -0.406 e. The predicted octanol–water partition coefficient (Wildman–Crippen LogP) is 3.26. The molecular formula is C20H18F3N3O3S. The third-order valence-corrected chi connectivity index (χ3v) is 4.82. The van der Waals surface area contributed by atoms with Crippen LogP contribution < -0.4 is 15.4 Å². The van der Waals surface area contributed by atoms with Crippen LogP contribution in [0.3, 0.4) is 0 Å². The lowest BCUT2D eigenvalue weighted by Gasteiger charge is -2.17. The van der Waals surface area contributed by atoms with Gasteiger partial charge < -0.3 is 15.4 Å². The molecule has 0 aliphatic rings. The summed E-state index contributed by atoms with van der Waals surface area (Å²) in [6.45, 7) is -0.193. The first-order valence-electron chi connectivity index (χ1n) is 8.71. The van der Waals surface area contributed by atoms with Crippen LogP contribution >= 0.6 is 11.8 Å². The summed E-state index contributed by atoms with van der Waals surface area (Å²) in [6, 6.07) is 14.7. The van der Waals surface area contributed by atoms with E-state index in [2.05, 4.69) is 15.4 Å². The Hall–Kier alpha value is -3.19. The van der Waals surface area contributed by atoms with E-state index < -0.39 is 24.2 Å². The van der Waals surface area contributed by atoms with Gasteiger partial charge in [-0.15, -0.1) is 13.2 Å². The van der Waals surface area contributed by atoms with Crippen molar-refractivity contribution in [2.45, 2.75) is 18.2 Å². The van der Waals surface area contributed by atoms with Gasteiger partial charge in [0, 0.05) is 17.1 Å². The van der Waals surface area contributed by atoms with Crippen molar-refractivity contribution in [3.63, 3.8) is 0 Å². The molecular weight excluding hydrogens is 419 g/mol. The fraction of sp³-hybridized carbons (Fsp3) is 0.250. The Morgan fingerprint density at radius 2 is 1.77 bits per heavy atom. The molecule has 0 aromatic heterocycles. The van der Waals surface area contributed by atoms with Crippen molar-refractivity contribution in [3.8, 4) is 11.8 Å². The summed E-state index contributed by atoms with van der Waals surface area (Å²) in [5.74, 6) is -0.643. The molecule has 6 nitrogen and oxygen atoms in total. The summed E-state index contributed by atoms with van der Waals surface area (Å²) in [5, 5.41) is 13.7. The van der Waals surface area contributed by atoms with E-state index in [-0.39, 0.29) is 18.0 Å². The lowest BCUT2D eigenvalue weighted by molar-refractivity contribution is -0.274. The zero-order chi connectivity index (χ0) is 22.0. The van der Waals surface area contributed by atoms with E-state index in [1.54, 1.807) is 36.4 Å². The number of benzene rings is 2. The quantitative estimate of drug-likeness (QED) is 0.588. The van der Waals surface area contributed by atoms with Gasteiger partial charge in [0.2, 0.25) is 5.91 Å². The van der Waals surface area contributed by atoms with E-state index in [1.807, 2.05) is 0 Å². The highest BCUT2D eigenvalue weighted by Crippen LogP contribution is 2.24. The number of nitriles is 1. The molecule has 2 aromatic carbocycles. The zero-order valence-corrected chi connectivity index (χ0v) is 16.4. The Labute approximate surface area is 175 Å². The van der Waals surface area contributed by atoms with Crippen LogP contribution in [-0.2, 0) is 10.5 Å². The van der Waals surface area contributed by atoms with Crippen LogP contribution in [0.2, 0.25) is 0 Å². The maximum atomic E-state index is 12.3. The highest BCUT2D eigenvalue weighted by atomic mass is 32.2. The standard InChI is InChI=1S/C20H18F3N3O3S/c21-20(22,23)29-16-8-6-14(7-9-16)12-30-13-17(19(28)25-11-10-24)26-18(27)15-4-2-1-3-5-15/h1-9,17H,11-13H2,(H,25,28)(H,26,27). The summed E-state index contributed by atoms with van der Waals surface area (Å²) < 4.78 is 40.4. The second-order valence-electron chi connectivity index (χ2n) is 5.97. The average Bonchev–Trinajstić information content (AvgIpc) is 2.72. The van der Waals surface area contributed by atoms with Gasteiger partial charge in [-0.05, 0) is 29.8 Å². The lowest BCUT2D eigenvalue weighted by atomic mass is 10.2. The summed E-state index contributed by atoms with van der Waals surface area (Å²) in [5.41, 5.74) is 1.11. The molecule has 0 saturated carbocycles. The van der Waals surface area contributed by atoms with Crippen LogP contribution in [0.15, 0.2) is 54.6 Å². The van der Waals surface area contributed by atoms with Crippen molar-refractivity contribution >= 4 is 23.6 Å². The molecule has 2 aromatic rings. The average molecular weight is 437 g/mol. The molecule has 158 valence electrons. The van der Waals surface area contributed by atoms with Gasteiger partial charge in [0.1, 0.15) is 18.3 Å². The number of nitrogens with one attached hydrogen (secondary N) is 2. The zero-order valence-electron chi connectivity index (χ0n) is 15.6. The molecule has 10 heteroatoms. The molecule has 0 saturated heterocycles. The SMILES string of the molecule is N#CCNC(=O)C(CSCc1ccc(OC(F)(F)F)cc1)NC(=O)c1ccccc1. The van der Waals surface area contributed by atoms with E-state index in [0.29, 0.717) is 11.3 Å². The number of hydrogen-bond donors (Lipinski definition) is 2. The molecule has 1 atom stereocenters. The number of nitrogens with zero attached hydrogens (tertiary/aromatic N) is 1. The van der Waals surface area contributed by atoms with Gasteiger partial charge >= 0.3 is 6.36 Å². The molecule has 0 radical (unpaired) electrons. The first-order chi connectivity index (χ1) is 14.3. The number of ether oxygens (including phenoxy) is 1. The molecule has 30 heavy (non-hydrogen) atoms. The number of alkyl halides is 3. The normalized spacial score (nSPS) is 11.8. The van der Waals surface area contributed by atoms with Crippen molar-refractivity contribution < 1.29 is 27.5 Å². The summed E-state index contributed by atoms with van der Waals surface area (Å²) in [6.07, 6.45) is -4.75. The molecule has 2 amide bonds. The minimum absolute atomic E-state index is 0.193. The summed E-state index contributed by atoms with van der Waals surface area (Å²) in [7, 11) is 0. The van der Waals surface area contributed by atoms with Gasteiger partial charge in [-0.1, -0.05) is 30.3 Å². The maximum Gasteiger partial charge on any atom is 0.573 e. The Morgan fingerprint density at radius 3 is 2.37 bits per heavy atom. The van der Waals surface area contributed by atoms with Gasteiger partial charge in [0.15, 0.2) is 0 Å². The number of carbonyl (C=O) groups excluding carboxylic acids is 2. The fourth-order valence-electron chi connectivity index (χ4n) is 2.35. The number of rotatable bonds is 9. The number of thioether (sulfide) groups is 1. The van der Waals surface area contributed by atoms with Crippen LogP contribution in [-0.4, -0.2) is 36.5 Å². The first kappa shape index (κ1) is 23.1. The van der Waals surface area contributed by atoms with Crippen molar-refractivity contribution in [1.29, 1.82) is 5.26 Å². The molecule has 0 aliphatic carbocycles. The van der Waals surface area contributed by atoms with Crippen molar-refractivity contribution in [2.24, 2.45) is 0 Å². The molecule has 0 spiro atoms. The van der Waals surface area contributed by atoms with Gasteiger partial charge in [0.05, 0.1) is 6.07 Å². The Balaban J connectivity index is 1.94. The predicted molar refractivity (Wildman–Crippen MR) is 106 cm³/mol. The molecule has 0 aliphatic heterocycles. The molecule has 0 bridgehead atoms. The van der Waals surface area contributed by atoms with E-state index in [0.717, 1.165) is 5.56 Å². The van der Waals surface area contributed by atoms with E-state index in [1.165, 1.54) is 36.0 Å². The van der Waals surface area contributed by atoms with Crippen molar-refractivity contribution in [3.05, 3.63) is 65.7 Å². The van der Waals surface area contributed by atoms with Crippen molar-refractivity contribution in [2.75, 3.05) is 12.3 Å². The largest absolute Gasteiger partial charge is 0.573 e. The van der Waals surface area contributed by atoms with E-state index in [4.69, 9.17) is 5.26 Å². The van der Waals surface area contributed by atoms with Crippen LogP contribution in [0.5, 0.6) is 5.75 Å². The molecule has 1 unspecified atom stereocenters. The number of hydrogen-bond acceptors (Lipinski definition) is 5. The third-order valence-electron chi connectivity index (χ3n) is 3.71. The molecule has 2 rings (SSSR count). The van der Waals surface area contributed by atoms with Crippen molar-refractivity contribution in [1.82, 2.24) is 10.6 Å². The Bertz CT molecular complexity index is 884. The topological polar surface area (TPSA) is 91.2 Å². The van der Waals surface area contributed by atoms with E-state index >= 15 is 0 Å². The number of amides is 2. The van der Waals surface area contributed by atoms with Gasteiger partial charge in [-0.2, -0.15) is 17.0 Å². The van der Waals surface area contributed by atoms with E-state index in [9.17, 15) is 22.8 Å². The Morgan fingerprint density at radius 1 is 1.10 bits per heavy atom. The van der Waals surface area contributed by atoms with Gasteiger partial charge in [-0.25, -0.2) is 0 Å². The molecule has 0 fully saturated rings. The fourth-order valence-corrected chi connectivity index (χ4v) is 3.36. The van der Waals surface area contributed by atoms with Crippen LogP contribution in [0.1, 0.15) is 15.9 Å².